The maximum atomic E-state index is 12.1. The minimum Gasteiger partial charge on any atom is -0.478 e. The Morgan fingerprint density at radius 2 is 2.00 bits per heavy atom. The lowest BCUT2D eigenvalue weighted by Gasteiger charge is -2.09. The number of carbonyl (C=O) groups excluding carboxylic acids is 1. The second-order valence-electron chi connectivity index (χ2n) is 4.14. The van der Waals surface area contributed by atoms with Gasteiger partial charge < -0.3 is 10.4 Å². The van der Waals surface area contributed by atoms with E-state index in [1.54, 1.807) is 31.2 Å². The van der Waals surface area contributed by atoms with Gasteiger partial charge in [0, 0.05) is 21.0 Å². The number of aryl methyl sites for hydroxylation is 1. The van der Waals surface area contributed by atoms with Crippen LogP contribution in [0.4, 0.5) is 5.69 Å². The van der Waals surface area contributed by atoms with Crippen LogP contribution in [-0.2, 0) is 0 Å². The topological polar surface area (TPSA) is 79.3 Å². The summed E-state index contributed by atoms with van der Waals surface area (Å²) in [5, 5.41) is 11.8. The fraction of sp³-hybridized carbons (Fsp3) is 0.0714. The van der Waals surface area contributed by atoms with E-state index in [1.165, 1.54) is 12.3 Å². The third kappa shape index (κ3) is 3.32. The van der Waals surface area contributed by atoms with Gasteiger partial charge in [-0.1, -0.05) is 0 Å². The number of nitrogens with one attached hydrogen (secondary N) is 1. The average molecular weight is 382 g/mol. The molecule has 1 amide bonds. The van der Waals surface area contributed by atoms with Gasteiger partial charge in [-0.15, -0.1) is 0 Å². The average Bonchev–Trinajstić information content (AvgIpc) is 2.40. The number of rotatable bonds is 3. The first-order valence-electron chi connectivity index (χ1n) is 5.74. The summed E-state index contributed by atoms with van der Waals surface area (Å²) in [6, 6.07) is 8.05. The van der Waals surface area contributed by atoms with E-state index in [4.69, 9.17) is 5.11 Å². The summed E-state index contributed by atoms with van der Waals surface area (Å²) in [5.41, 5.74) is 1.50. The van der Waals surface area contributed by atoms with Crippen LogP contribution in [0.3, 0.4) is 0 Å². The minimum atomic E-state index is -1.08. The number of aromatic nitrogens is 1. The Morgan fingerprint density at radius 1 is 1.25 bits per heavy atom. The summed E-state index contributed by atoms with van der Waals surface area (Å²) in [6.45, 7) is 1.78. The molecule has 0 radical (unpaired) electrons. The number of halogens is 1. The molecule has 102 valence electrons. The molecule has 0 spiro atoms. The summed E-state index contributed by atoms with van der Waals surface area (Å²) in [4.78, 5) is 27.3. The molecule has 5 nitrogen and oxygen atoms in total. The van der Waals surface area contributed by atoms with Crippen LogP contribution >= 0.6 is 22.6 Å². The molecule has 1 heterocycles. The molecule has 0 saturated heterocycles. The zero-order valence-corrected chi connectivity index (χ0v) is 12.7. The van der Waals surface area contributed by atoms with Crippen LogP contribution in [-0.4, -0.2) is 22.0 Å². The van der Waals surface area contributed by atoms with Crippen LogP contribution < -0.4 is 5.32 Å². The normalized spacial score (nSPS) is 10.1. The Hall–Kier alpha value is -1.96. The van der Waals surface area contributed by atoms with Gasteiger partial charge in [-0.05, 0) is 59.8 Å². The van der Waals surface area contributed by atoms with E-state index in [2.05, 4.69) is 10.3 Å². The molecule has 20 heavy (non-hydrogen) atoms. The van der Waals surface area contributed by atoms with Crippen LogP contribution in [0.2, 0.25) is 0 Å². The number of nitrogens with zero attached hydrogens (tertiary/aromatic N) is 1. The minimum absolute atomic E-state index is 0.0658. The lowest BCUT2D eigenvalue weighted by molar-refractivity contribution is 0.0698. The third-order valence-electron chi connectivity index (χ3n) is 2.62. The van der Waals surface area contributed by atoms with Gasteiger partial charge in [-0.2, -0.15) is 0 Å². The van der Waals surface area contributed by atoms with Crippen molar-refractivity contribution in [2.75, 3.05) is 5.32 Å². The first-order valence-corrected chi connectivity index (χ1v) is 6.82. The maximum absolute atomic E-state index is 12.1. The number of carbonyl (C=O) groups is 2. The Balaban J connectivity index is 2.30. The van der Waals surface area contributed by atoms with Crippen molar-refractivity contribution in [2.45, 2.75) is 6.92 Å². The standard InChI is InChI=1S/C14H11IN2O3/c1-8-6-9(4-5-16-8)13(18)17-12-3-2-10(15)7-11(12)14(19)20/h2-7H,1H3,(H,17,18)(H,19,20). The summed E-state index contributed by atoms with van der Waals surface area (Å²) in [6.07, 6.45) is 1.54. The van der Waals surface area contributed by atoms with E-state index >= 15 is 0 Å². The Bertz CT molecular complexity index is 686. The largest absolute Gasteiger partial charge is 0.478 e. The van der Waals surface area contributed by atoms with Crippen molar-refractivity contribution in [1.29, 1.82) is 0 Å². The molecule has 0 saturated carbocycles. The number of carboxylic acid groups (broad SMARTS) is 1. The number of benzene rings is 1. The zero-order chi connectivity index (χ0) is 14.7. The molecular formula is C14H11IN2O3. The van der Waals surface area contributed by atoms with Gasteiger partial charge in [0.2, 0.25) is 0 Å². The molecule has 6 heteroatoms. The van der Waals surface area contributed by atoms with Crippen LogP contribution in [0.25, 0.3) is 0 Å². The van der Waals surface area contributed by atoms with E-state index in [1.807, 2.05) is 22.6 Å². The van der Waals surface area contributed by atoms with Crippen molar-refractivity contribution in [1.82, 2.24) is 4.98 Å². The summed E-state index contributed by atoms with van der Waals surface area (Å²) in [7, 11) is 0. The molecule has 1 aromatic carbocycles. The van der Waals surface area contributed by atoms with Crippen molar-refractivity contribution in [3.8, 4) is 0 Å². The number of hydrogen-bond donors (Lipinski definition) is 2. The van der Waals surface area contributed by atoms with Crippen LogP contribution in [0.1, 0.15) is 26.4 Å². The monoisotopic (exact) mass is 382 g/mol. The van der Waals surface area contributed by atoms with Gasteiger partial charge in [0.1, 0.15) is 0 Å². The molecule has 0 fully saturated rings. The number of hydrogen-bond acceptors (Lipinski definition) is 3. The second-order valence-corrected chi connectivity index (χ2v) is 5.38. The molecule has 2 rings (SSSR count). The van der Waals surface area contributed by atoms with Crippen molar-refractivity contribution >= 4 is 40.2 Å². The predicted octanol–water partition coefficient (Wildman–Crippen LogP) is 2.95. The molecular weight excluding hydrogens is 371 g/mol. The predicted molar refractivity (Wildman–Crippen MR) is 83.0 cm³/mol. The SMILES string of the molecule is Cc1cc(C(=O)Nc2ccc(I)cc2C(=O)O)ccn1. The first kappa shape index (κ1) is 14.4. The molecule has 0 aliphatic carbocycles. The van der Waals surface area contributed by atoms with Crippen LogP contribution in [0.15, 0.2) is 36.5 Å². The molecule has 0 aliphatic rings. The Kier molecular flexibility index (Phi) is 4.33. The maximum Gasteiger partial charge on any atom is 0.337 e. The molecule has 0 atom stereocenters. The lowest BCUT2D eigenvalue weighted by atomic mass is 10.1. The first-order chi connectivity index (χ1) is 9.47. The second kappa shape index (κ2) is 6.00. The highest BCUT2D eigenvalue weighted by atomic mass is 127. The molecule has 0 bridgehead atoms. The van der Waals surface area contributed by atoms with E-state index in [0.29, 0.717) is 5.56 Å². The van der Waals surface area contributed by atoms with Crippen molar-refractivity contribution in [3.63, 3.8) is 0 Å². The highest BCUT2D eigenvalue weighted by Crippen LogP contribution is 2.19. The van der Waals surface area contributed by atoms with Gasteiger partial charge in [0.05, 0.1) is 11.3 Å². The fourth-order valence-electron chi connectivity index (χ4n) is 1.68. The fourth-order valence-corrected chi connectivity index (χ4v) is 2.17. The number of carboxylic acids is 1. The van der Waals surface area contributed by atoms with Crippen molar-refractivity contribution < 1.29 is 14.7 Å². The third-order valence-corrected chi connectivity index (χ3v) is 3.29. The number of aromatic carboxylic acids is 1. The van der Waals surface area contributed by atoms with E-state index < -0.39 is 5.97 Å². The summed E-state index contributed by atoms with van der Waals surface area (Å²) >= 11 is 2.02. The van der Waals surface area contributed by atoms with E-state index in [-0.39, 0.29) is 17.2 Å². The molecule has 2 N–H and O–H groups in total. The molecule has 1 aromatic heterocycles. The lowest BCUT2D eigenvalue weighted by Crippen LogP contribution is -2.15. The summed E-state index contributed by atoms with van der Waals surface area (Å²) < 4.78 is 0.790. The van der Waals surface area contributed by atoms with Crippen LogP contribution in [0.5, 0.6) is 0 Å². The van der Waals surface area contributed by atoms with Gasteiger partial charge in [0.15, 0.2) is 0 Å². The molecule has 0 unspecified atom stereocenters. The zero-order valence-electron chi connectivity index (χ0n) is 10.6. The van der Waals surface area contributed by atoms with E-state index in [0.717, 1.165) is 9.26 Å². The van der Waals surface area contributed by atoms with Crippen molar-refractivity contribution in [2.24, 2.45) is 0 Å². The van der Waals surface area contributed by atoms with Gasteiger partial charge in [-0.3, -0.25) is 9.78 Å². The quantitative estimate of drug-likeness (QED) is 0.801. The molecule has 2 aromatic rings. The van der Waals surface area contributed by atoms with Gasteiger partial charge in [0.25, 0.3) is 5.91 Å². The van der Waals surface area contributed by atoms with Crippen LogP contribution in [0, 0.1) is 10.5 Å². The van der Waals surface area contributed by atoms with Gasteiger partial charge >= 0.3 is 5.97 Å². The van der Waals surface area contributed by atoms with Crippen molar-refractivity contribution in [3.05, 3.63) is 56.9 Å². The smallest absolute Gasteiger partial charge is 0.337 e. The van der Waals surface area contributed by atoms with E-state index in [9.17, 15) is 9.59 Å². The van der Waals surface area contributed by atoms with Gasteiger partial charge in [-0.25, -0.2) is 4.79 Å². The Labute approximate surface area is 129 Å². The number of amides is 1. The summed E-state index contributed by atoms with van der Waals surface area (Å²) in [5.74, 6) is -1.44. The Morgan fingerprint density at radius 3 is 2.65 bits per heavy atom. The highest BCUT2D eigenvalue weighted by Gasteiger charge is 2.14. The number of anilines is 1. The number of pyridine rings is 1. The highest BCUT2D eigenvalue weighted by molar-refractivity contribution is 14.1. The molecule has 0 aliphatic heterocycles.